The number of anilines is 5. The topological polar surface area (TPSA) is 847 Å². The van der Waals surface area contributed by atoms with Gasteiger partial charge in [0.2, 0.25) is 11.9 Å². The van der Waals surface area contributed by atoms with Crippen LogP contribution in [0.2, 0.25) is 0 Å². The standard InChI is InChI=1S/C58H75N23O37P6/c1-23-12-78(58(88)75-51(23)83)40-10-28(34(110-40)17-105-122(96,97)116-26-8-38(76-4-2-36(59)69-56(76)86)108-32(26)15-103-120(92,93)114-24-6-42(107-30(24)13-82)80-21-67-45-49(80)71-54(62)73-52(45)84)117-123(98,99)106-18-35-29(11-41(112-35)79-20-66-44-47(61)64-19-65-48(44)79)118-124(100,101)104-16-33-27(9-39(109-33)77-5-3-37(60)70-57(77)87)115-121(94,95)102-14-31-25(113-119(89,90)91)7-43(111-31)81-22-68-46-50(81)72-55(63)74-53(46)85/h2-5,12,19-22,24-35,38-43,82H,6-11,13-18H2,1H3,(H,92,93)(H,94,95)(H,96,97)(H,98,99)(H,100,101)(H2,59,69,86)(H2,60,70,87)(H2,61,64,65)(H,75,83,88)(H2,89,90,91)(H3,62,71,73,84)(H3,63,72,74,85)/t24-,25-,26-,27-,28-,29-,30+,31+,32+,33+,34+,35+,38+,39+,40+,41+,42+,43+/m0/s1. The van der Waals surface area contributed by atoms with Crippen LogP contribution >= 0.6 is 46.9 Å². The van der Waals surface area contributed by atoms with Gasteiger partial charge in [0.05, 0.1) is 58.6 Å². The number of phosphoric ester groups is 6. The summed E-state index contributed by atoms with van der Waals surface area (Å²) in [4.78, 5) is 197. The summed E-state index contributed by atoms with van der Waals surface area (Å²) in [7, 11) is -33.1. The second-order valence-electron chi connectivity index (χ2n) is 28.2. The fourth-order valence-corrected chi connectivity index (χ4v) is 19.7. The fourth-order valence-electron chi connectivity index (χ4n) is 14.3. The first kappa shape index (κ1) is 89.9. The molecule has 66 heteroatoms. The lowest BCUT2D eigenvalue weighted by Crippen LogP contribution is -2.33. The molecule has 6 fully saturated rings. The molecule has 9 aromatic rings. The summed E-state index contributed by atoms with van der Waals surface area (Å²) in [5.74, 6) is -1.19. The number of H-pyrrole nitrogens is 3. The van der Waals surface area contributed by atoms with E-state index in [9.17, 15) is 95.5 Å². The number of hydrogen-bond acceptors (Lipinski definition) is 44. The molecule has 124 heavy (non-hydrogen) atoms. The average molecular weight is 1870 g/mol. The Morgan fingerprint density at radius 3 is 1.08 bits per heavy atom. The van der Waals surface area contributed by atoms with Gasteiger partial charge in [-0.2, -0.15) is 19.9 Å². The van der Waals surface area contributed by atoms with Crippen LogP contribution in [0.1, 0.15) is 81.5 Å². The number of fused-ring (bicyclic) bond motifs is 3. The molecule has 0 amide bonds. The number of imidazole rings is 3. The highest BCUT2D eigenvalue weighted by molar-refractivity contribution is 7.48. The molecule has 0 saturated carbocycles. The smallest absolute Gasteiger partial charge is 0.394 e. The molecule has 0 aromatic carbocycles. The van der Waals surface area contributed by atoms with Gasteiger partial charge >= 0.3 is 64.0 Å². The first-order valence-electron chi connectivity index (χ1n) is 36.4. The van der Waals surface area contributed by atoms with E-state index in [1.165, 1.54) is 45.4 Å². The lowest BCUT2D eigenvalue weighted by Gasteiger charge is -2.26. The molecular weight excluding hydrogens is 1800 g/mol. The predicted molar refractivity (Wildman–Crippen MR) is 405 cm³/mol. The van der Waals surface area contributed by atoms with Gasteiger partial charge in [-0.15, -0.1) is 0 Å². The highest BCUT2D eigenvalue weighted by Crippen LogP contribution is 2.57. The van der Waals surface area contributed by atoms with E-state index in [0.717, 1.165) is 44.9 Å². The Morgan fingerprint density at radius 2 is 0.726 bits per heavy atom. The van der Waals surface area contributed by atoms with Crippen molar-refractivity contribution in [1.29, 1.82) is 0 Å². The van der Waals surface area contributed by atoms with Crippen molar-refractivity contribution < 1.29 is 145 Å². The van der Waals surface area contributed by atoms with Crippen LogP contribution in [0.3, 0.4) is 0 Å². The predicted octanol–water partition coefficient (Wildman–Crippen LogP) is -2.92. The maximum absolute atomic E-state index is 14.5. The fraction of sp³-hybridized carbons (Fsp3) is 0.534. The van der Waals surface area contributed by atoms with Gasteiger partial charge in [-0.3, -0.25) is 106 Å². The highest BCUT2D eigenvalue weighted by Gasteiger charge is 2.52. The Hall–Kier alpha value is -8.93. The SMILES string of the molecule is Cc1cn([C@H]2C[C@H](OP(=O)(O)OC[C@H]3O[C@@H](n4cnc5c(N)ncnc54)C[C@@H]3OP(=O)(O)OC[C@H]3O[C@@H](n4ccc(N)nc4=O)C[C@@H]3OP(=O)(O)OC[C@H]3O[C@@H](n4cnc5c(=O)[nH]c(N)nc54)C[C@@H]3OP(=O)(O)O)[C@@H](COP(=O)(O)O[C@H]3C[C@H](n4ccc(N)nc4=O)O[C@@H]3COP(=O)(O)O[C@H]3C[C@H](n4cnc5c(=O)[nH]c(N)nc54)O[C@@H]3CO)O2)c(=O)[nH]c1=O. The lowest BCUT2D eigenvalue weighted by atomic mass is 10.2. The summed E-state index contributed by atoms with van der Waals surface area (Å²) >= 11 is 0. The van der Waals surface area contributed by atoms with Gasteiger partial charge in [-0.05, 0) is 19.1 Å². The van der Waals surface area contributed by atoms with Crippen LogP contribution in [0, 0.1) is 6.92 Å². The summed E-state index contributed by atoms with van der Waals surface area (Å²) in [6.45, 7) is -4.95. The van der Waals surface area contributed by atoms with E-state index in [1.807, 2.05) is 0 Å². The number of aromatic nitrogens is 18. The summed E-state index contributed by atoms with van der Waals surface area (Å²) in [5.41, 5.74) is 23.1. The molecule has 0 bridgehead atoms. The quantitative estimate of drug-likeness (QED) is 0.0180. The lowest BCUT2D eigenvalue weighted by molar-refractivity contribution is -0.0650. The molecule has 15 rings (SSSR count). The normalized spacial score (nSPS) is 29.2. The Kier molecular flexibility index (Phi) is 25.6. The van der Waals surface area contributed by atoms with E-state index >= 15 is 0 Å². The van der Waals surface area contributed by atoms with Crippen molar-refractivity contribution in [2.75, 3.05) is 68.3 Å². The van der Waals surface area contributed by atoms with E-state index in [4.69, 9.17) is 107 Å². The maximum atomic E-state index is 14.5. The minimum absolute atomic E-state index is 0.0226. The second-order valence-corrected chi connectivity index (χ2v) is 36.5. The molecule has 5 unspecified atom stereocenters. The number of aromatic amines is 3. The Bertz CT molecular complexity index is 6220. The molecular formula is C58H75N23O37P6. The number of aliphatic hydroxyl groups is 1. The van der Waals surface area contributed by atoms with E-state index in [-0.39, 0.29) is 74.8 Å². The Morgan fingerprint density at radius 1 is 0.403 bits per heavy atom. The number of nitrogens with zero attached hydrogens (tertiary/aromatic N) is 15. The van der Waals surface area contributed by atoms with Crippen molar-refractivity contribution >= 4 is 110 Å². The molecule has 6 aliphatic rings. The zero-order valence-electron chi connectivity index (χ0n) is 63.3. The number of hydrogen-bond donors (Lipinski definition) is 16. The van der Waals surface area contributed by atoms with Crippen LogP contribution in [0.25, 0.3) is 33.5 Å². The third-order valence-corrected chi connectivity index (χ3v) is 25.5. The first-order valence-corrected chi connectivity index (χ1v) is 45.5. The van der Waals surface area contributed by atoms with Crippen LogP contribution < -0.4 is 62.4 Å². The largest absolute Gasteiger partial charge is 0.472 e. The van der Waals surface area contributed by atoms with Crippen molar-refractivity contribution in [2.24, 2.45) is 0 Å². The second kappa shape index (κ2) is 35.4. The maximum Gasteiger partial charge on any atom is 0.472 e. The monoisotopic (exact) mass is 1870 g/mol. The minimum atomic E-state index is -5.67. The van der Waals surface area contributed by atoms with Crippen molar-refractivity contribution in [3.8, 4) is 0 Å². The number of rotatable bonds is 34. The Balaban J connectivity index is 0.629. The molecule has 15 heterocycles. The van der Waals surface area contributed by atoms with E-state index in [0.29, 0.717) is 0 Å². The highest BCUT2D eigenvalue weighted by atomic mass is 31.2. The molecule has 0 aliphatic carbocycles. The van der Waals surface area contributed by atoms with Gasteiger partial charge in [-0.1, -0.05) is 0 Å². The van der Waals surface area contributed by atoms with E-state index < -0.39 is 263 Å². The minimum Gasteiger partial charge on any atom is -0.394 e. The van der Waals surface area contributed by atoms with Crippen LogP contribution in [-0.4, -0.2) is 239 Å². The van der Waals surface area contributed by atoms with Gasteiger partial charge in [0.15, 0.2) is 33.8 Å². The average Bonchev–Trinajstić information content (AvgIpc) is 1.61. The number of nitrogens with one attached hydrogen (secondary N) is 3. The summed E-state index contributed by atoms with van der Waals surface area (Å²) in [6, 6.07) is 2.37. The number of nitrogen functional groups attached to an aromatic ring is 5. The third-order valence-electron chi connectivity index (χ3n) is 19.9. The molecule has 9 aromatic heterocycles. The van der Waals surface area contributed by atoms with Crippen LogP contribution in [0.5, 0.6) is 0 Å². The summed E-state index contributed by atoms with van der Waals surface area (Å²) < 4.78 is 185. The van der Waals surface area contributed by atoms with Gasteiger partial charge in [0.25, 0.3) is 16.7 Å². The zero-order valence-corrected chi connectivity index (χ0v) is 68.6. The van der Waals surface area contributed by atoms with Crippen molar-refractivity contribution in [1.82, 2.24) is 87.2 Å². The molecule has 23 atom stereocenters. The molecule has 0 spiro atoms. The molecule has 674 valence electrons. The van der Waals surface area contributed by atoms with Crippen LogP contribution in [0.15, 0.2) is 84.8 Å². The molecule has 6 saturated heterocycles. The van der Waals surface area contributed by atoms with E-state index in [1.54, 1.807) is 0 Å². The molecule has 60 nitrogen and oxygen atoms in total. The van der Waals surface area contributed by atoms with E-state index in [2.05, 4.69) is 59.8 Å². The molecule has 21 N–H and O–H groups in total. The van der Waals surface area contributed by atoms with Gasteiger partial charge in [0.1, 0.15) is 134 Å². The molecule has 6 aliphatic heterocycles. The van der Waals surface area contributed by atoms with Crippen LogP contribution in [-0.2, 0) is 106 Å². The number of ether oxygens (including phenoxy) is 6. The van der Waals surface area contributed by atoms with Crippen molar-refractivity contribution in [3.05, 3.63) is 124 Å². The van der Waals surface area contributed by atoms with Gasteiger partial charge in [0, 0.05) is 62.7 Å². The summed E-state index contributed by atoms with van der Waals surface area (Å²) in [5, 5.41) is 10.2. The number of phosphoric acid groups is 6. The van der Waals surface area contributed by atoms with Crippen LogP contribution in [0.4, 0.5) is 29.4 Å². The number of aryl methyl sites for hydroxylation is 1. The zero-order chi connectivity index (χ0) is 88.6. The third kappa shape index (κ3) is 20.4. The number of aliphatic hydroxyl groups excluding tert-OH is 1. The Labute approximate surface area is 687 Å². The molecule has 0 radical (unpaired) electrons. The van der Waals surface area contributed by atoms with Crippen molar-refractivity contribution in [2.45, 2.75) is 156 Å². The number of nitrogens with two attached hydrogens (primary N) is 5. The van der Waals surface area contributed by atoms with Crippen molar-refractivity contribution in [3.63, 3.8) is 0 Å². The summed E-state index contributed by atoms with van der Waals surface area (Å²) in [6.07, 6.45) is -23.5. The van der Waals surface area contributed by atoms with Gasteiger partial charge in [-0.25, -0.2) is 66.7 Å². The van der Waals surface area contributed by atoms with Gasteiger partial charge < -0.3 is 96.4 Å². The first-order chi connectivity index (χ1) is 58.5.